The summed E-state index contributed by atoms with van der Waals surface area (Å²) in [6.07, 6.45) is 0. The number of likely N-dealkylation sites (N-methyl/N-ethyl adjacent to an activating group) is 1. The lowest BCUT2D eigenvalue weighted by Gasteiger charge is -2.17. The molecule has 1 N–H and O–H groups in total. The maximum absolute atomic E-state index is 11.0. The van der Waals surface area contributed by atoms with Gasteiger partial charge in [-0.25, -0.2) is 0 Å². The van der Waals surface area contributed by atoms with Crippen molar-refractivity contribution >= 4 is 5.91 Å². The third-order valence-corrected chi connectivity index (χ3v) is 1.32. The van der Waals surface area contributed by atoms with E-state index in [1.54, 1.807) is 0 Å². The van der Waals surface area contributed by atoms with Crippen LogP contribution in [0.1, 0.15) is 6.92 Å². The fraction of sp³-hybridized carbons (Fsp3) is 0.875. The Morgan fingerprint density at radius 2 is 2.17 bits per heavy atom. The Morgan fingerprint density at radius 3 is 2.58 bits per heavy atom. The van der Waals surface area contributed by atoms with E-state index in [2.05, 4.69) is 10.1 Å². The van der Waals surface area contributed by atoms with Gasteiger partial charge in [-0.15, -0.1) is 0 Å². The van der Waals surface area contributed by atoms with Crippen molar-refractivity contribution < 1.29 is 9.53 Å². The number of carbonyl (C=O) groups excluding carboxylic acids is 1. The maximum atomic E-state index is 11.0. The van der Waals surface area contributed by atoms with Gasteiger partial charge >= 0.3 is 0 Å². The lowest BCUT2D eigenvalue weighted by Crippen LogP contribution is -2.41. The van der Waals surface area contributed by atoms with E-state index in [1.165, 1.54) is 7.11 Å². The van der Waals surface area contributed by atoms with Crippen molar-refractivity contribution in [3.8, 4) is 0 Å². The molecule has 0 aliphatic heterocycles. The van der Waals surface area contributed by atoms with Gasteiger partial charge in [0, 0.05) is 19.7 Å². The van der Waals surface area contributed by atoms with Gasteiger partial charge in [-0.3, -0.25) is 4.79 Å². The molecule has 0 aromatic heterocycles. The first-order valence-electron chi connectivity index (χ1n) is 3.99. The molecule has 0 saturated heterocycles. The minimum absolute atomic E-state index is 0.0631. The standard InChI is InChI=1S/C8H18N2O2/c1-7(5-10(2)3)9-8(11)6-12-4/h7H,5-6H2,1-4H3,(H,9,11). The van der Waals surface area contributed by atoms with Crippen molar-refractivity contribution in [3.05, 3.63) is 0 Å². The van der Waals surface area contributed by atoms with Crippen LogP contribution in [0.4, 0.5) is 0 Å². The van der Waals surface area contributed by atoms with Gasteiger partial charge in [-0.05, 0) is 21.0 Å². The van der Waals surface area contributed by atoms with E-state index in [4.69, 9.17) is 0 Å². The van der Waals surface area contributed by atoms with Crippen LogP contribution in [-0.4, -0.2) is 51.2 Å². The number of nitrogens with one attached hydrogen (secondary N) is 1. The molecule has 0 saturated carbocycles. The van der Waals surface area contributed by atoms with Crippen molar-refractivity contribution in [2.45, 2.75) is 13.0 Å². The average Bonchev–Trinajstić information content (AvgIpc) is 1.84. The highest BCUT2D eigenvalue weighted by Crippen LogP contribution is 1.84. The molecule has 0 heterocycles. The second-order valence-corrected chi connectivity index (χ2v) is 3.16. The van der Waals surface area contributed by atoms with Crippen LogP contribution in [0.3, 0.4) is 0 Å². The minimum atomic E-state index is -0.0631. The summed E-state index contributed by atoms with van der Waals surface area (Å²) in [5.41, 5.74) is 0. The van der Waals surface area contributed by atoms with Crippen LogP contribution in [-0.2, 0) is 9.53 Å². The number of ether oxygens (including phenoxy) is 1. The topological polar surface area (TPSA) is 41.6 Å². The molecule has 0 aromatic carbocycles. The van der Waals surface area contributed by atoms with Gasteiger partial charge < -0.3 is 15.0 Å². The van der Waals surface area contributed by atoms with Crippen LogP contribution in [0.5, 0.6) is 0 Å². The van der Waals surface area contributed by atoms with Gasteiger partial charge in [0.05, 0.1) is 0 Å². The minimum Gasteiger partial charge on any atom is -0.375 e. The van der Waals surface area contributed by atoms with Crippen LogP contribution in [0.2, 0.25) is 0 Å². The fourth-order valence-corrected chi connectivity index (χ4v) is 1.04. The van der Waals surface area contributed by atoms with Crippen molar-refractivity contribution in [2.24, 2.45) is 0 Å². The van der Waals surface area contributed by atoms with Crippen molar-refractivity contribution in [1.29, 1.82) is 0 Å². The zero-order valence-electron chi connectivity index (χ0n) is 8.26. The summed E-state index contributed by atoms with van der Waals surface area (Å²) in [7, 11) is 5.45. The largest absolute Gasteiger partial charge is 0.375 e. The maximum Gasteiger partial charge on any atom is 0.246 e. The number of hydrogen-bond acceptors (Lipinski definition) is 3. The summed E-state index contributed by atoms with van der Waals surface area (Å²) in [6.45, 7) is 2.95. The van der Waals surface area contributed by atoms with Gasteiger partial charge in [0.15, 0.2) is 0 Å². The smallest absolute Gasteiger partial charge is 0.246 e. The van der Waals surface area contributed by atoms with Crippen LogP contribution in [0.25, 0.3) is 0 Å². The van der Waals surface area contributed by atoms with Crippen molar-refractivity contribution in [3.63, 3.8) is 0 Å². The molecule has 0 aliphatic carbocycles. The summed E-state index contributed by atoms with van der Waals surface area (Å²) in [6, 6.07) is 0.169. The monoisotopic (exact) mass is 174 g/mol. The van der Waals surface area contributed by atoms with E-state index in [1.807, 2.05) is 25.9 Å². The molecular formula is C8H18N2O2. The van der Waals surface area contributed by atoms with Gasteiger partial charge in [0.2, 0.25) is 5.91 Å². The highest BCUT2D eigenvalue weighted by Gasteiger charge is 2.06. The molecule has 0 fully saturated rings. The Kier molecular flexibility index (Phi) is 5.66. The first-order chi connectivity index (χ1) is 5.56. The Labute approximate surface area is 73.9 Å². The number of methoxy groups -OCH3 is 1. The van der Waals surface area contributed by atoms with E-state index >= 15 is 0 Å². The van der Waals surface area contributed by atoms with Gasteiger partial charge in [0.1, 0.15) is 6.61 Å². The first-order valence-corrected chi connectivity index (χ1v) is 3.99. The molecule has 4 heteroatoms. The van der Waals surface area contributed by atoms with Crippen molar-refractivity contribution in [1.82, 2.24) is 10.2 Å². The molecule has 4 nitrogen and oxygen atoms in total. The number of hydrogen-bond donors (Lipinski definition) is 1. The van der Waals surface area contributed by atoms with E-state index in [0.717, 1.165) is 6.54 Å². The number of rotatable bonds is 5. The zero-order valence-corrected chi connectivity index (χ0v) is 8.26. The summed E-state index contributed by atoms with van der Waals surface area (Å²) < 4.78 is 4.68. The quantitative estimate of drug-likeness (QED) is 0.622. The Bertz CT molecular complexity index is 137. The molecule has 0 rings (SSSR count). The Balaban J connectivity index is 3.54. The predicted molar refractivity (Wildman–Crippen MR) is 48.0 cm³/mol. The van der Waals surface area contributed by atoms with Crippen molar-refractivity contribution in [2.75, 3.05) is 34.4 Å². The summed E-state index contributed by atoms with van der Waals surface area (Å²) in [5.74, 6) is -0.0631. The summed E-state index contributed by atoms with van der Waals surface area (Å²) in [4.78, 5) is 13.0. The van der Waals surface area contributed by atoms with Gasteiger partial charge in [-0.2, -0.15) is 0 Å². The lowest BCUT2D eigenvalue weighted by molar-refractivity contribution is -0.125. The zero-order chi connectivity index (χ0) is 9.56. The number of carbonyl (C=O) groups is 1. The molecular weight excluding hydrogens is 156 g/mol. The molecule has 0 spiro atoms. The van der Waals surface area contributed by atoms with Crippen LogP contribution in [0.15, 0.2) is 0 Å². The van der Waals surface area contributed by atoms with Crippen LogP contribution in [0, 0.1) is 0 Å². The van der Waals surface area contributed by atoms with Crippen LogP contribution >= 0.6 is 0 Å². The molecule has 72 valence electrons. The Hall–Kier alpha value is -0.610. The van der Waals surface area contributed by atoms with E-state index in [9.17, 15) is 4.79 Å². The average molecular weight is 174 g/mol. The third-order valence-electron chi connectivity index (χ3n) is 1.32. The second-order valence-electron chi connectivity index (χ2n) is 3.16. The normalized spacial score (nSPS) is 13.1. The van der Waals surface area contributed by atoms with Gasteiger partial charge in [0.25, 0.3) is 0 Å². The highest BCUT2D eigenvalue weighted by molar-refractivity contribution is 5.77. The molecule has 1 amide bonds. The van der Waals surface area contributed by atoms with E-state index in [0.29, 0.717) is 0 Å². The highest BCUT2D eigenvalue weighted by atomic mass is 16.5. The molecule has 0 radical (unpaired) electrons. The fourth-order valence-electron chi connectivity index (χ4n) is 1.04. The first kappa shape index (κ1) is 11.4. The SMILES string of the molecule is COCC(=O)NC(C)CN(C)C. The molecule has 0 bridgehead atoms. The second kappa shape index (κ2) is 5.97. The predicted octanol–water partition coefficient (Wildman–Crippen LogP) is -0.301. The molecule has 0 aliphatic rings. The Morgan fingerprint density at radius 1 is 1.58 bits per heavy atom. The van der Waals surface area contributed by atoms with E-state index in [-0.39, 0.29) is 18.6 Å². The van der Waals surface area contributed by atoms with E-state index < -0.39 is 0 Å². The molecule has 12 heavy (non-hydrogen) atoms. The summed E-state index contributed by atoms with van der Waals surface area (Å²) in [5, 5.41) is 2.81. The lowest BCUT2D eigenvalue weighted by atomic mass is 10.3. The molecule has 1 unspecified atom stereocenters. The van der Waals surface area contributed by atoms with Crippen LogP contribution < -0.4 is 5.32 Å². The third kappa shape index (κ3) is 6.12. The summed E-state index contributed by atoms with van der Waals surface area (Å²) >= 11 is 0. The number of amides is 1. The number of nitrogens with zero attached hydrogens (tertiary/aromatic N) is 1. The van der Waals surface area contributed by atoms with Gasteiger partial charge in [-0.1, -0.05) is 0 Å². The molecule has 0 aromatic rings. The molecule has 1 atom stereocenters.